The van der Waals surface area contributed by atoms with Crippen molar-refractivity contribution in [3.8, 4) is 0 Å². The molecule has 0 saturated heterocycles. The van der Waals surface area contributed by atoms with E-state index in [1.54, 1.807) is 0 Å². The van der Waals surface area contributed by atoms with Gasteiger partial charge in [-0.2, -0.15) is 11.8 Å². The largest absolute Gasteiger partial charge is 0.500 e. The Labute approximate surface area is 152 Å². The Bertz CT molecular complexity index is 276. The average molecular weight is 383 g/mol. The monoisotopic (exact) mass is 382 g/mol. The van der Waals surface area contributed by atoms with E-state index < -0.39 is 8.80 Å². The maximum absolute atomic E-state index is 11.5. The maximum Gasteiger partial charge on any atom is 0.500 e. The Morgan fingerprint density at radius 3 is 2.00 bits per heavy atom. The predicted octanol–water partition coefficient (Wildman–Crippen LogP) is 4.61. The third kappa shape index (κ3) is 12.5. The first kappa shape index (κ1) is 23.5. The number of hydrogen-bond donors (Lipinski definition) is 0. The van der Waals surface area contributed by atoms with Gasteiger partial charge in [0, 0.05) is 43.8 Å². The van der Waals surface area contributed by atoms with E-state index in [9.17, 15) is 4.79 Å². The molecule has 0 aliphatic carbocycles. The zero-order chi connectivity index (χ0) is 17.4. The maximum atomic E-state index is 11.5. The lowest BCUT2D eigenvalue weighted by atomic mass is 10.3. The molecule has 0 fully saturated rings. The van der Waals surface area contributed by atoms with E-state index in [0.29, 0.717) is 24.9 Å². The molecule has 0 bridgehead atoms. The molecule has 0 amide bonds. The van der Waals surface area contributed by atoms with Gasteiger partial charge in [0.25, 0.3) is 0 Å². The van der Waals surface area contributed by atoms with Gasteiger partial charge in [-0.25, -0.2) is 0 Å². The van der Waals surface area contributed by atoms with Crippen molar-refractivity contribution >= 4 is 37.4 Å². The number of carbonyl (C=O) groups is 1. The van der Waals surface area contributed by atoms with Crippen LogP contribution in [0.3, 0.4) is 0 Å². The van der Waals surface area contributed by atoms with Crippen molar-refractivity contribution in [2.24, 2.45) is 0 Å². The second-order valence-electron chi connectivity index (χ2n) is 5.02. The van der Waals surface area contributed by atoms with Crippen LogP contribution in [0, 0.1) is 0 Å². The van der Waals surface area contributed by atoms with Crippen molar-refractivity contribution in [3.63, 3.8) is 0 Å². The molecule has 0 N–H and O–H groups in total. The first-order valence-electron chi connectivity index (χ1n) is 8.79. The number of rotatable bonds is 16. The topological polar surface area (TPSA) is 44.8 Å². The van der Waals surface area contributed by atoms with E-state index in [1.165, 1.54) is 11.8 Å². The van der Waals surface area contributed by atoms with Crippen molar-refractivity contribution in [2.45, 2.75) is 59.4 Å². The van der Waals surface area contributed by atoms with E-state index in [2.05, 4.69) is 6.92 Å². The standard InChI is InChI=1S/C16H34O4S2Si/c1-5-9-11-16(17)22-14-13-21-12-10-15-23(18-6-2,19-7-3)20-8-4/h5-15H2,1-4H3. The number of unbranched alkanes of at least 4 members (excludes halogenated alkanes) is 1. The minimum Gasteiger partial charge on any atom is -0.374 e. The van der Waals surface area contributed by atoms with E-state index >= 15 is 0 Å². The molecule has 0 aromatic rings. The Morgan fingerprint density at radius 2 is 1.48 bits per heavy atom. The molecule has 0 atom stereocenters. The lowest BCUT2D eigenvalue weighted by molar-refractivity contribution is -0.111. The quantitative estimate of drug-likeness (QED) is 0.287. The van der Waals surface area contributed by atoms with Gasteiger partial charge in [0.1, 0.15) is 0 Å². The minimum absolute atomic E-state index is 0.336. The molecule has 0 spiro atoms. The summed E-state index contributed by atoms with van der Waals surface area (Å²) in [5.41, 5.74) is 0. The Hall–Kier alpha value is 0.467. The van der Waals surface area contributed by atoms with Crippen LogP contribution in [0.4, 0.5) is 0 Å². The highest BCUT2D eigenvalue weighted by atomic mass is 32.2. The lowest BCUT2D eigenvalue weighted by Gasteiger charge is -2.28. The van der Waals surface area contributed by atoms with Crippen LogP contribution in [0.15, 0.2) is 0 Å². The van der Waals surface area contributed by atoms with Crippen LogP contribution >= 0.6 is 23.5 Å². The highest BCUT2D eigenvalue weighted by Crippen LogP contribution is 2.20. The molecular weight excluding hydrogens is 348 g/mol. The van der Waals surface area contributed by atoms with Gasteiger partial charge < -0.3 is 13.3 Å². The van der Waals surface area contributed by atoms with Crippen molar-refractivity contribution in [1.29, 1.82) is 0 Å². The van der Waals surface area contributed by atoms with Crippen molar-refractivity contribution in [3.05, 3.63) is 0 Å². The molecule has 0 unspecified atom stereocenters. The Kier molecular flexibility index (Phi) is 16.3. The number of carbonyl (C=O) groups excluding carboxylic acids is 1. The van der Waals surface area contributed by atoms with Crippen LogP contribution in [0.5, 0.6) is 0 Å². The van der Waals surface area contributed by atoms with Gasteiger partial charge >= 0.3 is 8.80 Å². The van der Waals surface area contributed by atoms with E-state index in [-0.39, 0.29) is 0 Å². The van der Waals surface area contributed by atoms with Crippen LogP contribution in [-0.4, -0.2) is 51.0 Å². The molecule has 0 heterocycles. The summed E-state index contributed by atoms with van der Waals surface area (Å²) in [5.74, 6) is 3.00. The summed E-state index contributed by atoms with van der Waals surface area (Å²) in [4.78, 5) is 11.5. The summed E-state index contributed by atoms with van der Waals surface area (Å²) in [7, 11) is -2.47. The molecule has 7 heteroatoms. The molecule has 0 aromatic heterocycles. The molecule has 4 nitrogen and oxygen atoms in total. The summed E-state index contributed by atoms with van der Waals surface area (Å²) >= 11 is 3.38. The fourth-order valence-corrected chi connectivity index (χ4v) is 6.84. The third-order valence-corrected chi connectivity index (χ3v) is 8.50. The van der Waals surface area contributed by atoms with Crippen molar-refractivity contribution in [2.75, 3.05) is 37.1 Å². The first-order valence-corrected chi connectivity index (χ1v) is 12.9. The molecular formula is C16H34O4S2Si. The van der Waals surface area contributed by atoms with Gasteiger partial charge in [0.15, 0.2) is 5.12 Å². The first-order chi connectivity index (χ1) is 11.1. The smallest absolute Gasteiger partial charge is 0.374 e. The van der Waals surface area contributed by atoms with Crippen molar-refractivity contribution in [1.82, 2.24) is 0 Å². The highest BCUT2D eigenvalue weighted by Gasteiger charge is 2.39. The van der Waals surface area contributed by atoms with Gasteiger partial charge in [0.05, 0.1) is 0 Å². The van der Waals surface area contributed by atoms with E-state index in [0.717, 1.165) is 49.0 Å². The highest BCUT2D eigenvalue weighted by molar-refractivity contribution is 8.14. The zero-order valence-corrected chi connectivity index (χ0v) is 17.9. The molecule has 0 rings (SSSR count). The summed E-state index contributed by atoms with van der Waals surface area (Å²) in [6, 6.07) is 0.873. The molecule has 0 aliphatic rings. The van der Waals surface area contributed by atoms with Crippen molar-refractivity contribution < 1.29 is 18.1 Å². The number of hydrogen-bond acceptors (Lipinski definition) is 6. The number of thioether (sulfide) groups is 2. The second kappa shape index (κ2) is 16.0. The summed E-state index contributed by atoms with van der Waals surface area (Å²) in [6.45, 7) is 9.98. The average Bonchev–Trinajstić information content (AvgIpc) is 2.52. The second-order valence-corrected chi connectivity index (χ2v) is 10.1. The van der Waals surface area contributed by atoms with Gasteiger partial charge in [-0.3, -0.25) is 4.79 Å². The molecule has 138 valence electrons. The fraction of sp³-hybridized carbons (Fsp3) is 0.938. The van der Waals surface area contributed by atoms with Gasteiger partial charge in [-0.1, -0.05) is 25.1 Å². The lowest BCUT2D eigenvalue weighted by Crippen LogP contribution is -2.46. The van der Waals surface area contributed by atoms with Crippen LogP contribution in [0.2, 0.25) is 6.04 Å². The molecule has 0 aliphatic heterocycles. The molecule has 23 heavy (non-hydrogen) atoms. The molecule has 0 aromatic carbocycles. The van der Waals surface area contributed by atoms with E-state index in [4.69, 9.17) is 13.3 Å². The third-order valence-electron chi connectivity index (χ3n) is 3.09. The Morgan fingerprint density at radius 1 is 0.870 bits per heavy atom. The molecule has 0 radical (unpaired) electrons. The van der Waals surface area contributed by atoms with Crippen LogP contribution in [0.25, 0.3) is 0 Å². The SMILES string of the molecule is CCCCC(=O)SCCSCCC[Si](OCC)(OCC)OCC. The minimum atomic E-state index is -2.47. The van der Waals surface area contributed by atoms with Crippen LogP contribution in [-0.2, 0) is 18.1 Å². The fourth-order valence-electron chi connectivity index (χ4n) is 2.10. The van der Waals surface area contributed by atoms with E-state index in [1.807, 2.05) is 32.5 Å². The zero-order valence-electron chi connectivity index (χ0n) is 15.2. The summed E-state index contributed by atoms with van der Waals surface area (Å²) < 4.78 is 17.5. The summed E-state index contributed by atoms with van der Waals surface area (Å²) in [6.07, 6.45) is 3.85. The van der Waals surface area contributed by atoms with Gasteiger partial charge in [-0.05, 0) is 39.4 Å². The van der Waals surface area contributed by atoms with Crippen LogP contribution in [0.1, 0.15) is 53.4 Å². The van der Waals surface area contributed by atoms with Crippen LogP contribution < -0.4 is 0 Å². The predicted molar refractivity (Wildman–Crippen MR) is 104 cm³/mol. The normalized spacial score (nSPS) is 11.8. The summed E-state index contributed by atoms with van der Waals surface area (Å²) in [5, 5.41) is 0.336. The van der Waals surface area contributed by atoms with Gasteiger partial charge in [0.2, 0.25) is 0 Å². The molecule has 0 saturated carbocycles. The Balaban J connectivity index is 3.82. The van der Waals surface area contributed by atoms with Gasteiger partial charge in [-0.15, -0.1) is 0 Å².